The summed E-state index contributed by atoms with van der Waals surface area (Å²) in [6.45, 7) is 4.95. The zero-order chi connectivity index (χ0) is 13.7. The molecule has 3 unspecified atom stereocenters. The van der Waals surface area contributed by atoms with Crippen LogP contribution in [0, 0.1) is 0 Å². The lowest BCUT2D eigenvalue weighted by Gasteiger charge is -2.22. The Kier molecular flexibility index (Phi) is 5.36. The van der Waals surface area contributed by atoms with Crippen LogP contribution >= 0.6 is 11.3 Å². The second-order valence-corrected chi connectivity index (χ2v) is 5.78. The van der Waals surface area contributed by atoms with Gasteiger partial charge in [0.2, 0.25) is 0 Å². The predicted molar refractivity (Wildman–Crippen MR) is 75.1 cm³/mol. The van der Waals surface area contributed by atoms with Gasteiger partial charge in [-0.05, 0) is 38.1 Å². The molecule has 1 aromatic rings. The molecule has 1 aromatic heterocycles. The summed E-state index contributed by atoms with van der Waals surface area (Å²) in [4.78, 5) is 13.2. The molecule has 4 nitrogen and oxygen atoms in total. The van der Waals surface area contributed by atoms with E-state index in [-0.39, 0.29) is 24.2 Å². The van der Waals surface area contributed by atoms with Gasteiger partial charge in [-0.1, -0.05) is 6.07 Å². The van der Waals surface area contributed by atoms with E-state index in [0.717, 1.165) is 12.8 Å². The van der Waals surface area contributed by atoms with Gasteiger partial charge in [0, 0.05) is 11.4 Å². The number of thiophene rings is 1. The zero-order valence-electron chi connectivity index (χ0n) is 11.4. The second-order valence-electron chi connectivity index (χ2n) is 4.75. The predicted octanol–water partition coefficient (Wildman–Crippen LogP) is 2.34. The molecule has 0 bridgehead atoms. The molecule has 0 aromatic carbocycles. The van der Waals surface area contributed by atoms with Crippen LogP contribution in [0.1, 0.15) is 31.6 Å². The molecule has 0 amide bonds. The van der Waals surface area contributed by atoms with Crippen LogP contribution in [0.2, 0.25) is 0 Å². The van der Waals surface area contributed by atoms with Gasteiger partial charge in [-0.3, -0.25) is 10.1 Å². The third-order valence-electron chi connectivity index (χ3n) is 3.25. The zero-order valence-corrected chi connectivity index (χ0v) is 12.2. The van der Waals surface area contributed by atoms with Gasteiger partial charge in [0.1, 0.15) is 6.04 Å². The molecule has 0 saturated carbocycles. The van der Waals surface area contributed by atoms with E-state index in [1.165, 1.54) is 4.88 Å². The van der Waals surface area contributed by atoms with Gasteiger partial charge in [0.15, 0.2) is 0 Å². The van der Waals surface area contributed by atoms with E-state index in [9.17, 15) is 4.79 Å². The van der Waals surface area contributed by atoms with Crippen molar-refractivity contribution in [2.75, 3.05) is 6.61 Å². The summed E-state index contributed by atoms with van der Waals surface area (Å²) < 4.78 is 10.9. The summed E-state index contributed by atoms with van der Waals surface area (Å²) in [5.74, 6) is -0.210. The Balaban J connectivity index is 1.95. The number of hydrogen-bond donors (Lipinski definition) is 1. The lowest BCUT2D eigenvalue weighted by atomic mass is 10.1. The normalized spacial score (nSPS) is 24.3. The van der Waals surface area contributed by atoms with E-state index >= 15 is 0 Å². The maximum absolute atomic E-state index is 12.0. The molecule has 1 N–H and O–H groups in total. The summed E-state index contributed by atoms with van der Waals surface area (Å²) >= 11 is 1.68. The van der Waals surface area contributed by atoms with Crippen molar-refractivity contribution < 1.29 is 14.3 Å². The first-order chi connectivity index (χ1) is 9.20. The van der Waals surface area contributed by atoms with E-state index in [4.69, 9.17) is 9.47 Å². The minimum absolute atomic E-state index is 0.0750. The van der Waals surface area contributed by atoms with Crippen LogP contribution < -0.4 is 5.32 Å². The molecule has 0 aliphatic carbocycles. The standard InChI is InChI=1S/C14H21NO3S/c1-3-17-14(16)13(12-7-6-10(2)18-12)15-9-11-5-4-8-19-11/h4-5,8,10,12-13,15H,3,6-7,9H2,1-2H3. The van der Waals surface area contributed by atoms with Gasteiger partial charge < -0.3 is 9.47 Å². The fourth-order valence-electron chi connectivity index (χ4n) is 2.30. The fourth-order valence-corrected chi connectivity index (χ4v) is 2.96. The van der Waals surface area contributed by atoms with Crippen molar-refractivity contribution in [3.8, 4) is 0 Å². The first kappa shape index (κ1) is 14.5. The topological polar surface area (TPSA) is 47.6 Å². The van der Waals surface area contributed by atoms with Crippen molar-refractivity contribution in [1.82, 2.24) is 5.32 Å². The number of rotatable bonds is 6. The maximum Gasteiger partial charge on any atom is 0.325 e. The number of hydrogen-bond acceptors (Lipinski definition) is 5. The third kappa shape index (κ3) is 4.03. The molecule has 1 aliphatic heterocycles. The van der Waals surface area contributed by atoms with Crippen LogP contribution in [0.3, 0.4) is 0 Å². The van der Waals surface area contributed by atoms with E-state index in [1.54, 1.807) is 11.3 Å². The fraction of sp³-hybridized carbons (Fsp3) is 0.643. The largest absolute Gasteiger partial charge is 0.465 e. The maximum atomic E-state index is 12.0. The molecular weight excluding hydrogens is 262 g/mol. The van der Waals surface area contributed by atoms with Crippen molar-refractivity contribution in [3.63, 3.8) is 0 Å². The molecular formula is C14H21NO3S. The molecule has 2 rings (SSSR count). The summed E-state index contributed by atoms with van der Waals surface area (Å²) in [6.07, 6.45) is 2.06. The van der Waals surface area contributed by atoms with Crippen LogP contribution in [0.25, 0.3) is 0 Å². The third-order valence-corrected chi connectivity index (χ3v) is 4.13. The van der Waals surface area contributed by atoms with Gasteiger partial charge in [-0.25, -0.2) is 0 Å². The van der Waals surface area contributed by atoms with Crippen LogP contribution in [0.4, 0.5) is 0 Å². The average molecular weight is 283 g/mol. The number of esters is 1. The van der Waals surface area contributed by atoms with Gasteiger partial charge >= 0.3 is 5.97 Å². The first-order valence-electron chi connectivity index (χ1n) is 6.78. The smallest absolute Gasteiger partial charge is 0.325 e. The Morgan fingerprint density at radius 1 is 1.63 bits per heavy atom. The Morgan fingerprint density at radius 2 is 2.47 bits per heavy atom. The van der Waals surface area contributed by atoms with Crippen molar-refractivity contribution in [3.05, 3.63) is 22.4 Å². The average Bonchev–Trinajstić information content (AvgIpc) is 3.02. The number of nitrogens with one attached hydrogen (secondary N) is 1. The highest BCUT2D eigenvalue weighted by Crippen LogP contribution is 2.23. The highest BCUT2D eigenvalue weighted by molar-refractivity contribution is 7.09. The van der Waals surface area contributed by atoms with E-state index in [2.05, 4.69) is 11.4 Å². The van der Waals surface area contributed by atoms with Crippen molar-refractivity contribution >= 4 is 17.3 Å². The molecule has 1 fully saturated rings. The lowest BCUT2D eigenvalue weighted by Crippen LogP contribution is -2.46. The first-order valence-corrected chi connectivity index (χ1v) is 7.66. The molecule has 1 saturated heterocycles. The van der Waals surface area contributed by atoms with Gasteiger partial charge in [0.25, 0.3) is 0 Å². The van der Waals surface area contributed by atoms with Crippen LogP contribution in [-0.4, -0.2) is 30.8 Å². The molecule has 1 aliphatic rings. The molecule has 5 heteroatoms. The quantitative estimate of drug-likeness (QED) is 0.814. The Morgan fingerprint density at radius 3 is 3.05 bits per heavy atom. The Hall–Kier alpha value is -0.910. The Labute approximate surface area is 118 Å². The second kappa shape index (κ2) is 7.03. The van der Waals surface area contributed by atoms with Crippen molar-refractivity contribution in [2.45, 2.75) is 51.5 Å². The van der Waals surface area contributed by atoms with Crippen LogP contribution in [-0.2, 0) is 20.8 Å². The Bertz CT molecular complexity index is 393. The molecule has 106 valence electrons. The van der Waals surface area contributed by atoms with Crippen molar-refractivity contribution in [1.29, 1.82) is 0 Å². The molecule has 2 heterocycles. The van der Waals surface area contributed by atoms with Gasteiger partial charge in [-0.2, -0.15) is 0 Å². The summed E-state index contributed by atoms with van der Waals surface area (Å²) in [5, 5.41) is 5.31. The summed E-state index contributed by atoms with van der Waals surface area (Å²) in [7, 11) is 0. The van der Waals surface area contributed by atoms with Gasteiger partial charge in [-0.15, -0.1) is 11.3 Å². The molecule has 19 heavy (non-hydrogen) atoms. The minimum Gasteiger partial charge on any atom is -0.465 e. The molecule has 3 atom stereocenters. The number of carbonyl (C=O) groups excluding carboxylic acids is 1. The SMILES string of the molecule is CCOC(=O)C(NCc1cccs1)C1CCC(C)O1. The van der Waals surface area contributed by atoms with Crippen LogP contribution in [0.15, 0.2) is 17.5 Å². The van der Waals surface area contributed by atoms with E-state index < -0.39 is 0 Å². The summed E-state index contributed by atoms with van der Waals surface area (Å²) in [6, 6.07) is 3.69. The molecule has 0 radical (unpaired) electrons. The highest BCUT2D eigenvalue weighted by atomic mass is 32.1. The monoisotopic (exact) mass is 283 g/mol. The minimum atomic E-state index is -0.369. The highest BCUT2D eigenvalue weighted by Gasteiger charge is 2.35. The number of carbonyl (C=O) groups is 1. The van der Waals surface area contributed by atoms with E-state index in [0.29, 0.717) is 13.2 Å². The number of ether oxygens (including phenoxy) is 2. The summed E-state index contributed by atoms with van der Waals surface area (Å²) in [5.41, 5.74) is 0. The lowest BCUT2D eigenvalue weighted by molar-refractivity contribution is -0.149. The van der Waals surface area contributed by atoms with Crippen LogP contribution in [0.5, 0.6) is 0 Å². The van der Waals surface area contributed by atoms with Gasteiger partial charge in [0.05, 0.1) is 18.8 Å². The van der Waals surface area contributed by atoms with E-state index in [1.807, 2.05) is 25.3 Å². The molecule has 0 spiro atoms. The van der Waals surface area contributed by atoms with Crippen molar-refractivity contribution in [2.24, 2.45) is 0 Å².